The molecular formula is C48H52B2OP+. The van der Waals surface area contributed by atoms with E-state index in [1.165, 1.54) is 99.5 Å². The largest absolute Gasteiger partial charge is 0.415 e. The summed E-state index contributed by atoms with van der Waals surface area (Å²) >= 11 is 0. The van der Waals surface area contributed by atoms with Crippen LogP contribution in [0.4, 0.5) is 0 Å². The number of rotatable bonds is 8. The fraction of sp³-hybridized carbons (Fsp3) is 0.250. The molecule has 0 aliphatic heterocycles. The Morgan fingerprint density at radius 2 is 0.519 bits per heavy atom. The second-order valence-electron chi connectivity index (χ2n) is 15.6. The quantitative estimate of drug-likeness (QED) is 0.122. The fourth-order valence-corrected chi connectivity index (χ4v) is 10.4. The van der Waals surface area contributed by atoms with Gasteiger partial charge in [-0.2, -0.15) is 0 Å². The van der Waals surface area contributed by atoms with Crippen molar-refractivity contribution in [2.24, 2.45) is 0 Å². The summed E-state index contributed by atoms with van der Waals surface area (Å²) in [4.78, 5) is 0. The van der Waals surface area contributed by atoms with Crippen LogP contribution in [0, 0.1) is 83.1 Å². The fourth-order valence-electron chi connectivity index (χ4n) is 9.29. The van der Waals surface area contributed by atoms with Crippen LogP contribution in [-0.4, -0.2) is 13.4 Å². The van der Waals surface area contributed by atoms with E-state index >= 15 is 0 Å². The molecule has 0 heterocycles. The van der Waals surface area contributed by atoms with Crippen molar-refractivity contribution >= 4 is 64.6 Å². The minimum atomic E-state index is -1.77. The van der Waals surface area contributed by atoms with Gasteiger partial charge in [0.1, 0.15) is 0 Å². The summed E-state index contributed by atoms with van der Waals surface area (Å²) < 4.78 is 14.2. The summed E-state index contributed by atoms with van der Waals surface area (Å²) in [5.74, 6) is 0. The van der Waals surface area contributed by atoms with E-state index in [9.17, 15) is 4.57 Å². The van der Waals surface area contributed by atoms with Gasteiger partial charge in [0.05, 0.1) is 0 Å². The third-order valence-corrected chi connectivity index (χ3v) is 12.6. The van der Waals surface area contributed by atoms with Gasteiger partial charge in [0, 0.05) is 0 Å². The maximum atomic E-state index is 14.2. The van der Waals surface area contributed by atoms with Gasteiger partial charge < -0.3 is 0 Å². The van der Waals surface area contributed by atoms with Crippen LogP contribution in [0.2, 0.25) is 0 Å². The van der Waals surface area contributed by atoms with Crippen molar-refractivity contribution in [3.63, 3.8) is 0 Å². The Morgan fingerprint density at radius 3 is 0.712 bits per heavy atom. The van der Waals surface area contributed by atoms with Crippen molar-refractivity contribution in [3.05, 3.63) is 164 Å². The topological polar surface area (TPSA) is 17.1 Å². The third-order valence-electron chi connectivity index (χ3n) is 11.0. The number of aryl methyl sites for hydroxylation is 12. The average Bonchev–Trinajstić information content (AvgIpc) is 3.05. The van der Waals surface area contributed by atoms with Crippen LogP contribution in [0.3, 0.4) is 0 Å². The van der Waals surface area contributed by atoms with E-state index in [2.05, 4.69) is 180 Å². The Morgan fingerprint density at radius 1 is 0.327 bits per heavy atom. The lowest BCUT2D eigenvalue weighted by molar-refractivity contribution is 0.598. The molecule has 6 aromatic carbocycles. The smallest absolute Gasteiger partial charge is 0.0683 e. The standard InChI is InChI=1S/C48H52B2OP/c1-29-21-33(5)45(34(6)22-29)49(46-35(7)23-30(2)24-36(46)8)41-13-17-43(18-14-41)52(51)44-19-15-42(16-20-44)50(47-37(9)25-31(3)26-38(47)10)48-39(11)27-32(4)28-40(48)12/h13-28H,1-12H3/q+1. The van der Waals surface area contributed by atoms with Gasteiger partial charge in [-0.3, -0.25) is 0 Å². The Balaban J connectivity index is 1.39. The van der Waals surface area contributed by atoms with Crippen LogP contribution in [0.15, 0.2) is 97.1 Å². The molecule has 0 bridgehead atoms. The second kappa shape index (κ2) is 14.9. The first-order valence-electron chi connectivity index (χ1n) is 18.6. The molecule has 0 saturated heterocycles. The molecule has 4 heteroatoms. The van der Waals surface area contributed by atoms with Gasteiger partial charge >= 0.3 is 7.80 Å². The molecule has 0 fully saturated rings. The van der Waals surface area contributed by atoms with Crippen LogP contribution in [0.1, 0.15) is 66.8 Å². The maximum absolute atomic E-state index is 14.2. The lowest BCUT2D eigenvalue weighted by atomic mass is 9.34. The highest BCUT2D eigenvalue weighted by molar-refractivity contribution is 7.61. The summed E-state index contributed by atoms with van der Waals surface area (Å²) in [6.07, 6.45) is 0. The normalized spacial score (nSPS) is 11.2. The molecule has 6 rings (SSSR count). The van der Waals surface area contributed by atoms with Crippen LogP contribution >= 0.6 is 7.80 Å². The summed E-state index contributed by atoms with van der Waals surface area (Å²) in [7, 11) is -1.77. The maximum Gasteiger partial charge on any atom is 0.415 e. The molecule has 260 valence electrons. The monoisotopic (exact) mass is 697 g/mol. The van der Waals surface area contributed by atoms with E-state index in [-0.39, 0.29) is 13.4 Å². The lowest BCUT2D eigenvalue weighted by Gasteiger charge is -2.24. The van der Waals surface area contributed by atoms with E-state index in [0.29, 0.717) is 0 Å². The van der Waals surface area contributed by atoms with Crippen LogP contribution in [-0.2, 0) is 4.57 Å². The Hall–Kier alpha value is -4.45. The van der Waals surface area contributed by atoms with E-state index < -0.39 is 7.80 Å². The van der Waals surface area contributed by atoms with E-state index in [1.807, 2.05) is 0 Å². The lowest BCUT2D eigenvalue weighted by Crippen LogP contribution is -2.56. The van der Waals surface area contributed by atoms with Crippen molar-refractivity contribution in [1.82, 2.24) is 0 Å². The highest BCUT2D eigenvalue weighted by Gasteiger charge is 2.32. The molecule has 1 nitrogen and oxygen atoms in total. The van der Waals surface area contributed by atoms with Crippen LogP contribution in [0.5, 0.6) is 0 Å². The average molecular weight is 698 g/mol. The van der Waals surface area contributed by atoms with Gasteiger partial charge in [-0.25, -0.2) is 0 Å². The predicted molar refractivity (Wildman–Crippen MR) is 232 cm³/mol. The second-order valence-corrected chi connectivity index (χ2v) is 17.2. The van der Waals surface area contributed by atoms with Gasteiger partial charge in [0.15, 0.2) is 10.6 Å². The summed E-state index contributed by atoms with van der Waals surface area (Å²) in [5.41, 5.74) is 23.5. The first-order chi connectivity index (χ1) is 24.6. The molecule has 0 N–H and O–H groups in total. The molecule has 6 aromatic rings. The number of hydrogen-bond donors (Lipinski definition) is 0. The zero-order valence-corrected chi connectivity index (χ0v) is 34.1. The summed E-state index contributed by atoms with van der Waals surface area (Å²) in [6, 6.07) is 35.6. The van der Waals surface area contributed by atoms with Crippen LogP contribution < -0.4 is 43.4 Å². The van der Waals surface area contributed by atoms with Gasteiger partial charge in [-0.15, -0.1) is 0 Å². The van der Waals surface area contributed by atoms with Crippen LogP contribution in [0.25, 0.3) is 0 Å². The molecule has 0 unspecified atom stereocenters. The Bertz CT molecular complexity index is 1960. The predicted octanol–water partition coefficient (Wildman–Crippen LogP) is 7.20. The zero-order chi connectivity index (χ0) is 37.6. The molecule has 0 aliphatic carbocycles. The Labute approximate surface area is 314 Å². The first kappa shape index (κ1) is 37.3. The molecule has 52 heavy (non-hydrogen) atoms. The molecule has 0 aromatic heterocycles. The van der Waals surface area contributed by atoms with Gasteiger partial charge in [0.25, 0.3) is 0 Å². The highest BCUT2D eigenvalue weighted by Crippen LogP contribution is 2.20. The van der Waals surface area contributed by atoms with Crippen molar-refractivity contribution in [1.29, 1.82) is 0 Å². The molecule has 0 aliphatic rings. The van der Waals surface area contributed by atoms with E-state index in [0.717, 1.165) is 10.6 Å². The summed E-state index contributed by atoms with van der Waals surface area (Å²) in [5, 5.41) is 1.71. The molecular weight excluding hydrogens is 645 g/mol. The molecule has 0 saturated carbocycles. The number of hydrogen-bond acceptors (Lipinski definition) is 1. The molecule has 0 spiro atoms. The highest BCUT2D eigenvalue weighted by atomic mass is 31.1. The SMILES string of the molecule is Cc1cc(C)c(B(c2ccc([P+](=O)c3ccc(B(c4c(C)cc(C)cc4C)c4c(C)cc(C)cc4C)cc3)cc2)c2c(C)cc(C)cc2C)c(C)c1. The minimum absolute atomic E-state index is 0.0896. The zero-order valence-electron chi connectivity index (χ0n) is 33.2. The molecule has 0 atom stereocenters. The van der Waals surface area contributed by atoms with Crippen molar-refractivity contribution in [2.45, 2.75) is 83.1 Å². The first-order valence-corrected chi connectivity index (χ1v) is 19.9. The van der Waals surface area contributed by atoms with Crippen molar-refractivity contribution in [3.8, 4) is 0 Å². The van der Waals surface area contributed by atoms with E-state index in [4.69, 9.17) is 0 Å². The summed E-state index contributed by atoms with van der Waals surface area (Å²) in [6.45, 7) is 26.8. The minimum Gasteiger partial charge on any atom is -0.0683 e. The van der Waals surface area contributed by atoms with E-state index in [1.54, 1.807) is 0 Å². The van der Waals surface area contributed by atoms with Crippen molar-refractivity contribution < 1.29 is 4.57 Å². The van der Waals surface area contributed by atoms with Gasteiger partial charge in [-0.05, 0) is 107 Å². The van der Waals surface area contributed by atoms with Gasteiger partial charge in [-0.1, -0.05) is 177 Å². The van der Waals surface area contributed by atoms with Crippen molar-refractivity contribution in [2.75, 3.05) is 0 Å². The Kier molecular flexibility index (Phi) is 10.7. The third kappa shape index (κ3) is 7.27. The van der Waals surface area contributed by atoms with Gasteiger partial charge in [0.2, 0.25) is 13.4 Å². The molecule has 0 amide bonds. The number of benzene rings is 6. The molecule has 0 radical (unpaired) electrons.